The predicted octanol–water partition coefficient (Wildman–Crippen LogP) is -0.335. The van der Waals surface area contributed by atoms with Crippen molar-refractivity contribution in [1.29, 1.82) is 0 Å². The number of amides is 3. The Morgan fingerprint density at radius 3 is 2.24 bits per heavy atom. The quantitative estimate of drug-likeness (QED) is 0.593. The number of fused-ring (bicyclic) bond motifs is 5. The van der Waals surface area contributed by atoms with Gasteiger partial charge in [0.1, 0.15) is 0 Å². The predicted molar refractivity (Wildman–Crippen MR) is 68.3 cm³/mol. The zero-order valence-corrected chi connectivity index (χ0v) is 10.8. The highest BCUT2D eigenvalue weighted by atomic mass is 16.5. The lowest BCUT2D eigenvalue weighted by Gasteiger charge is -2.18. The molecule has 106 valence electrons. The first kappa shape index (κ1) is 12.2. The van der Waals surface area contributed by atoms with E-state index in [4.69, 9.17) is 4.74 Å². The van der Waals surface area contributed by atoms with E-state index >= 15 is 0 Å². The summed E-state index contributed by atoms with van der Waals surface area (Å²) in [7, 11) is 0. The zero-order valence-electron chi connectivity index (χ0n) is 10.8. The van der Waals surface area contributed by atoms with Gasteiger partial charge >= 0.3 is 0 Å². The summed E-state index contributed by atoms with van der Waals surface area (Å²) in [6, 6.07) is 3.02. The number of hydrogen-bond donors (Lipinski definition) is 1. The smallest absolute Gasteiger partial charge is 0.270 e. The molecule has 3 amide bonds. The van der Waals surface area contributed by atoms with E-state index in [2.05, 4.69) is 10.4 Å². The second kappa shape index (κ2) is 4.23. The molecule has 0 aliphatic carbocycles. The van der Waals surface area contributed by atoms with Gasteiger partial charge in [-0.15, -0.1) is 0 Å². The molecule has 0 unspecified atom stereocenters. The van der Waals surface area contributed by atoms with E-state index in [1.54, 1.807) is 12.2 Å². The maximum atomic E-state index is 12.3. The molecular weight excluding hydrogens is 274 g/mol. The Bertz CT molecular complexity index is 642. The molecule has 7 heteroatoms. The van der Waals surface area contributed by atoms with Crippen LogP contribution in [0, 0.1) is 11.8 Å². The summed E-state index contributed by atoms with van der Waals surface area (Å²) in [6.07, 6.45) is 5.81. The lowest BCUT2D eigenvalue weighted by atomic mass is 9.85. The van der Waals surface area contributed by atoms with Gasteiger partial charge in [0.15, 0.2) is 0 Å². The van der Waals surface area contributed by atoms with Crippen LogP contribution in [0.3, 0.4) is 0 Å². The molecule has 21 heavy (non-hydrogen) atoms. The number of pyridine rings is 1. The normalized spacial score (nSPS) is 32.7. The average molecular weight is 285 g/mol. The van der Waals surface area contributed by atoms with E-state index in [-0.39, 0.29) is 12.2 Å². The van der Waals surface area contributed by atoms with E-state index in [9.17, 15) is 14.4 Å². The van der Waals surface area contributed by atoms with Crippen LogP contribution in [0.1, 0.15) is 10.4 Å². The largest absolute Gasteiger partial charge is 0.365 e. The second-order valence-corrected chi connectivity index (χ2v) is 5.19. The Labute approximate surface area is 119 Å². The monoisotopic (exact) mass is 285 g/mol. The molecule has 7 nitrogen and oxygen atoms in total. The molecule has 2 fully saturated rings. The molecule has 4 atom stereocenters. The molecule has 1 N–H and O–H groups in total. The first-order chi connectivity index (χ1) is 10.2. The van der Waals surface area contributed by atoms with Gasteiger partial charge in [-0.2, -0.15) is 5.01 Å². The summed E-state index contributed by atoms with van der Waals surface area (Å²) in [6.45, 7) is 0. The fourth-order valence-corrected chi connectivity index (χ4v) is 3.08. The second-order valence-electron chi connectivity index (χ2n) is 5.19. The maximum absolute atomic E-state index is 12.3. The lowest BCUT2D eigenvalue weighted by Crippen LogP contribution is -2.47. The number of aromatic nitrogens is 1. The van der Waals surface area contributed by atoms with E-state index in [1.807, 2.05) is 0 Å². The van der Waals surface area contributed by atoms with Crippen LogP contribution in [0.4, 0.5) is 0 Å². The number of carbonyl (C=O) groups is 3. The molecule has 1 aromatic heterocycles. The summed E-state index contributed by atoms with van der Waals surface area (Å²) in [5.74, 6) is -2.38. The Morgan fingerprint density at radius 2 is 1.67 bits per heavy atom. The molecule has 3 aliphatic heterocycles. The molecule has 4 rings (SSSR count). The van der Waals surface area contributed by atoms with Crippen molar-refractivity contribution in [2.45, 2.75) is 12.2 Å². The van der Waals surface area contributed by atoms with Crippen LogP contribution in [-0.2, 0) is 14.3 Å². The molecule has 1 aromatic rings. The topological polar surface area (TPSA) is 88.6 Å². The van der Waals surface area contributed by atoms with E-state index < -0.39 is 29.6 Å². The molecule has 0 aromatic carbocycles. The van der Waals surface area contributed by atoms with Crippen LogP contribution < -0.4 is 5.43 Å². The Morgan fingerprint density at radius 1 is 1.10 bits per heavy atom. The molecule has 4 heterocycles. The zero-order chi connectivity index (χ0) is 14.6. The minimum atomic E-state index is -0.523. The molecular formula is C14H11N3O4. The first-order valence-corrected chi connectivity index (χ1v) is 6.59. The highest BCUT2D eigenvalue weighted by Crippen LogP contribution is 2.44. The van der Waals surface area contributed by atoms with E-state index in [1.165, 1.54) is 24.5 Å². The molecule has 2 bridgehead atoms. The highest BCUT2D eigenvalue weighted by molar-refractivity contribution is 6.09. The van der Waals surface area contributed by atoms with Gasteiger partial charge in [-0.05, 0) is 12.1 Å². The third-order valence-corrected chi connectivity index (χ3v) is 4.07. The lowest BCUT2D eigenvalue weighted by molar-refractivity contribution is -0.145. The summed E-state index contributed by atoms with van der Waals surface area (Å²) >= 11 is 0. The van der Waals surface area contributed by atoms with E-state index in [0.717, 1.165) is 5.01 Å². The van der Waals surface area contributed by atoms with Gasteiger partial charge in [0.2, 0.25) is 0 Å². The Hall–Kier alpha value is -2.54. The van der Waals surface area contributed by atoms with Crippen molar-refractivity contribution in [2.24, 2.45) is 11.8 Å². The number of ether oxygens (including phenoxy) is 1. The van der Waals surface area contributed by atoms with Crippen molar-refractivity contribution in [3.05, 3.63) is 42.2 Å². The Kier molecular flexibility index (Phi) is 2.46. The van der Waals surface area contributed by atoms with Crippen molar-refractivity contribution < 1.29 is 19.1 Å². The number of hydrogen-bond acceptors (Lipinski definition) is 5. The highest BCUT2D eigenvalue weighted by Gasteiger charge is 2.61. The molecule has 0 saturated carbocycles. The fraction of sp³-hybridized carbons (Fsp3) is 0.286. The van der Waals surface area contributed by atoms with Gasteiger partial charge in [0, 0.05) is 18.0 Å². The van der Waals surface area contributed by atoms with Gasteiger partial charge in [-0.1, -0.05) is 12.2 Å². The average Bonchev–Trinajstić information content (AvgIpc) is 3.18. The summed E-state index contributed by atoms with van der Waals surface area (Å²) in [5, 5.41) is 0.827. The van der Waals surface area contributed by atoms with Crippen molar-refractivity contribution in [2.75, 3.05) is 0 Å². The molecule has 0 radical (unpaired) electrons. The van der Waals surface area contributed by atoms with Gasteiger partial charge in [-0.3, -0.25) is 24.8 Å². The summed E-state index contributed by atoms with van der Waals surface area (Å²) < 4.78 is 5.52. The Balaban J connectivity index is 1.56. The number of carbonyl (C=O) groups excluding carboxylic acids is 3. The SMILES string of the molecule is O=C(NN1C(=O)[C@H]2[C@H](C1=O)[C@H]1C=C[C@H]2O1)c1ccncc1. The van der Waals surface area contributed by atoms with Gasteiger partial charge in [-0.25, -0.2) is 0 Å². The van der Waals surface area contributed by atoms with Crippen LogP contribution in [0.5, 0.6) is 0 Å². The first-order valence-electron chi connectivity index (χ1n) is 6.59. The molecule has 3 aliphatic rings. The number of nitrogens with one attached hydrogen (secondary N) is 1. The minimum absolute atomic E-state index is 0.333. The van der Waals surface area contributed by atoms with Crippen LogP contribution >= 0.6 is 0 Å². The number of nitrogens with zero attached hydrogens (tertiary/aromatic N) is 2. The van der Waals surface area contributed by atoms with Crippen molar-refractivity contribution >= 4 is 17.7 Å². The van der Waals surface area contributed by atoms with Crippen molar-refractivity contribution in [3.63, 3.8) is 0 Å². The van der Waals surface area contributed by atoms with E-state index in [0.29, 0.717) is 5.56 Å². The molecule has 2 saturated heterocycles. The van der Waals surface area contributed by atoms with Crippen LogP contribution in [0.25, 0.3) is 0 Å². The van der Waals surface area contributed by atoms with Crippen LogP contribution in [-0.4, -0.2) is 39.9 Å². The maximum Gasteiger partial charge on any atom is 0.270 e. The minimum Gasteiger partial charge on any atom is -0.365 e. The fourth-order valence-electron chi connectivity index (χ4n) is 3.08. The summed E-state index contributed by atoms with van der Waals surface area (Å²) in [4.78, 5) is 40.5. The third-order valence-electron chi connectivity index (χ3n) is 4.07. The van der Waals surface area contributed by atoms with Gasteiger partial charge in [0.25, 0.3) is 17.7 Å². The molecule has 0 spiro atoms. The number of hydrazine groups is 1. The van der Waals surface area contributed by atoms with Crippen LogP contribution in [0.15, 0.2) is 36.7 Å². The third kappa shape index (κ3) is 1.64. The van der Waals surface area contributed by atoms with Crippen LogP contribution in [0.2, 0.25) is 0 Å². The standard InChI is InChI=1S/C14H11N3O4/c18-12(7-3-5-15-6-4-7)16-17-13(19)10-8-1-2-9(21-8)11(10)14(17)20/h1-6,8-11H,(H,16,18)/t8-,9-,10-,11-/m1/s1. The van der Waals surface area contributed by atoms with Crippen molar-refractivity contribution in [3.8, 4) is 0 Å². The van der Waals surface area contributed by atoms with Gasteiger partial charge < -0.3 is 4.74 Å². The number of imide groups is 1. The van der Waals surface area contributed by atoms with Gasteiger partial charge in [0.05, 0.1) is 24.0 Å². The number of rotatable bonds is 2. The summed E-state index contributed by atoms with van der Waals surface area (Å²) in [5.41, 5.74) is 2.71. The van der Waals surface area contributed by atoms with Crippen molar-refractivity contribution in [1.82, 2.24) is 15.4 Å².